The molecule has 0 heterocycles. The van der Waals surface area contributed by atoms with Crippen LogP contribution in [0.3, 0.4) is 0 Å². The number of fused-ring (bicyclic) bond motifs is 1. The van der Waals surface area contributed by atoms with Gasteiger partial charge in [0.15, 0.2) is 11.6 Å². The molecule has 0 saturated carbocycles. The van der Waals surface area contributed by atoms with Crippen LogP contribution in [0.2, 0.25) is 0 Å². The second-order valence-electron chi connectivity index (χ2n) is 5.52. The molecule has 0 amide bonds. The lowest BCUT2D eigenvalue weighted by Gasteiger charge is -2.18. The van der Waals surface area contributed by atoms with E-state index in [1.54, 1.807) is 6.07 Å². The number of aryl methyl sites for hydroxylation is 2. The molecule has 0 aliphatic heterocycles. The number of hydrogen-bond donors (Lipinski definition) is 2. The van der Waals surface area contributed by atoms with E-state index in [0.717, 1.165) is 24.5 Å². The van der Waals surface area contributed by atoms with Crippen LogP contribution in [0.4, 0.5) is 8.78 Å². The fraction of sp³-hybridized carbons (Fsp3) is 0.294. The van der Waals surface area contributed by atoms with E-state index in [4.69, 9.17) is 5.84 Å². The zero-order valence-corrected chi connectivity index (χ0v) is 11.7. The van der Waals surface area contributed by atoms with Gasteiger partial charge >= 0.3 is 0 Å². The Bertz CT molecular complexity index is 655. The summed E-state index contributed by atoms with van der Waals surface area (Å²) in [5, 5.41) is 0. The summed E-state index contributed by atoms with van der Waals surface area (Å²) in [6.45, 7) is 0. The van der Waals surface area contributed by atoms with E-state index in [2.05, 4.69) is 17.6 Å². The maximum absolute atomic E-state index is 13.8. The van der Waals surface area contributed by atoms with Gasteiger partial charge in [-0.3, -0.25) is 11.3 Å². The molecule has 1 aliphatic rings. The summed E-state index contributed by atoms with van der Waals surface area (Å²) in [6.07, 6.45) is 3.70. The van der Waals surface area contributed by atoms with Crippen molar-refractivity contribution in [2.75, 3.05) is 0 Å². The maximum atomic E-state index is 13.8. The van der Waals surface area contributed by atoms with Gasteiger partial charge in [0.25, 0.3) is 0 Å². The molecule has 1 unspecified atom stereocenters. The van der Waals surface area contributed by atoms with Crippen LogP contribution in [0.25, 0.3) is 0 Å². The summed E-state index contributed by atoms with van der Waals surface area (Å²) in [5.74, 6) is 4.01. The average molecular weight is 288 g/mol. The van der Waals surface area contributed by atoms with Gasteiger partial charge in [0.2, 0.25) is 0 Å². The van der Waals surface area contributed by atoms with Crippen molar-refractivity contribution in [3.63, 3.8) is 0 Å². The number of halogens is 2. The Balaban J connectivity index is 1.87. The Morgan fingerprint density at radius 1 is 1.10 bits per heavy atom. The summed E-state index contributed by atoms with van der Waals surface area (Å²) in [6, 6.07) is 10.3. The largest absolute Gasteiger partial charge is 0.271 e. The Kier molecular flexibility index (Phi) is 3.99. The van der Waals surface area contributed by atoms with Crippen molar-refractivity contribution in [2.24, 2.45) is 5.84 Å². The molecule has 2 nitrogen and oxygen atoms in total. The standard InChI is InChI=1S/C17H18F2N2/c18-15-6-2-5-14(17(15)19)10-16(21-20)13-8-7-11-3-1-4-12(11)9-13/h2,5-9,16,21H,1,3-4,10,20H2. The number of hydrogen-bond acceptors (Lipinski definition) is 2. The highest BCUT2D eigenvalue weighted by Gasteiger charge is 2.18. The van der Waals surface area contributed by atoms with E-state index in [1.165, 1.54) is 23.6 Å². The summed E-state index contributed by atoms with van der Waals surface area (Å²) in [5.41, 5.74) is 6.78. The van der Waals surface area contributed by atoms with Crippen LogP contribution in [0.5, 0.6) is 0 Å². The van der Waals surface area contributed by atoms with Crippen LogP contribution >= 0.6 is 0 Å². The second-order valence-corrected chi connectivity index (χ2v) is 5.52. The van der Waals surface area contributed by atoms with E-state index < -0.39 is 11.6 Å². The summed E-state index contributed by atoms with van der Waals surface area (Å²) < 4.78 is 27.1. The highest BCUT2D eigenvalue weighted by atomic mass is 19.2. The SMILES string of the molecule is NNC(Cc1cccc(F)c1F)c1ccc2c(c1)CCC2. The minimum absolute atomic E-state index is 0.229. The molecule has 2 aromatic carbocycles. The van der Waals surface area contributed by atoms with Crippen LogP contribution in [0, 0.1) is 11.6 Å². The lowest BCUT2D eigenvalue weighted by atomic mass is 9.96. The molecule has 1 atom stereocenters. The predicted octanol–water partition coefficient (Wildman–Crippen LogP) is 3.20. The topological polar surface area (TPSA) is 38.0 Å². The first-order chi connectivity index (χ1) is 10.2. The van der Waals surface area contributed by atoms with Crippen molar-refractivity contribution in [3.8, 4) is 0 Å². The van der Waals surface area contributed by atoms with Gasteiger partial charge in [-0.15, -0.1) is 0 Å². The number of nitrogens with two attached hydrogens (primary N) is 1. The van der Waals surface area contributed by atoms with Gasteiger partial charge in [-0.05, 0) is 54.0 Å². The van der Waals surface area contributed by atoms with Gasteiger partial charge in [0, 0.05) is 0 Å². The highest BCUT2D eigenvalue weighted by Crippen LogP contribution is 2.27. The molecule has 0 fully saturated rings. The minimum Gasteiger partial charge on any atom is -0.271 e. The Labute approximate surface area is 122 Å². The fourth-order valence-electron chi connectivity index (χ4n) is 3.01. The maximum Gasteiger partial charge on any atom is 0.162 e. The number of nitrogens with one attached hydrogen (secondary N) is 1. The third-order valence-electron chi connectivity index (χ3n) is 4.18. The van der Waals surface area contributed by atoms with Crippen LogP contribution < -0.4 is 11.3 Å². The number of rotatable bonds is 4. The molecular weight excluding hydrogens is 270 g/mol. The van der Waals surface area contributed by atoms with Crippen LogP contribution in [-0.4, -0.2) is 0 Å². The first-order valence-corrected chi connectivity index (χ1v) is 7.19. The van der Waals surface area contributed by atoms with Crippen molar-refractivity contribution in [1.29, 1.82) is 0 Å². The number of hydrazine groups is 1. The molecule has 3 rings (SSSR count). The Hall–Kier alpha value is -1.78. The van der Waals surface area contributed by atoms with Gasteiger partial charge in [-0.25, -0.2) is 8.78 Å². The highest BCUT2D eigenvalue weighted by molar-refractivity contribution is 5.37. The predicted molar refractivity (Wildman–Crippen MR) is 78.6 cm³/mol. The van der Waals surface area contributed by atoms with Gasteiger partial charge < -0.3 is 0 Å². The van der Waals surface area contributed by atoms with Crippen LogP contribution in [0.15, 0.2) is 36.4 Å². The molecule has 0 bridgehead atoms. The van der Waals surface area contributed by atoms with E-state index in [9.17, 15) is 8.78 Å². The van der Waals surface area contributed by atoms with Crippen LogP contribution in [-0.2, 0) is 19.3 Å². The second kappa shape index (κ2) is 5.92. The first-order valence-electron chi connectivity index (χ1n) is 7.19. The van der Waals surface area contributed by atoms with Crippen molar-refractivity contribution in [2.45, 2.75) is 31.7 Å². The van der Waals surface area contributed by atoms with Crippen molar-refractivity contribution >= 4 is 0 Å². The molecule has 4 heteroatoms. The van der Waals surface area contributed by atoms with E-state index in [-0.39, 0.29) is 6.04 Å². The summed E-state index contributed by atoms with van der Waals surface area (Å²) >= 11 is 0. The molecule has 110 valence electrons. The molecule has 1 aliphatic carbocycles. The van der Waals surface area contributed by atoms with Crippen molar-refractivity contribution in [3.05, 3.63) is 70.3 Å². The molecule has 0 saturated heterocycles. The summed E-state index contributed by atoms with van der Waals surface area (Å²) in [7, 11) is 0. The van der Waals surface area contributed by atoms with Crippen molar-refractivity contribution in [1.82, 2.24) is 5.43 Å². The van der Waals surface area contributed by atoms with E-state index in [0.29, 0.717) is 12.0 Å². The smallest absolute Gasteiger partial charge is 0.162 e. The zero-order chi connectivity index (χ0) is 14.8. The third-order valence-corrected chi connectivity index (χ3v) is 4.18. The molecular formula is C17H18F2N2. The average Bonchev–Trinajstić information content (AvgIpc) is 2.96. The van der Waals surface area contributed by atoms with Crippen molar-refractivity contribution < 1.29 is 8.78 Å². The van der Waals surface area contributed by atoms with E-state index in [1.807, 2.05) is 6.07 Å². The lowest BCUT2D eigenvalue weighted by Crippen LogP contribution is -2.30. The Morgan fingerprint density at radius 3 is 2.71 bits per heavy atom. The Morgan fingerprint density at radius 2 is 1.90 bits per heavy atom. The van der Waals surface area contributed by atoms with Gasteiger partial charge in [0.1, 0.15) is 0 Å². The van der Waals surface area contributed by atoms with E-state index >= 15 is 0 Å². The van der Waals surface area contributed by atoms with Gasteiger partial charge in [-0.1, -0.05) is 30.3 Å². The van der Waals surface area contributed by atoms with Gasteiger partial charge in [-0.2, -0.15) is 0 Å². The lowest BCUT2D eigenvalue weighted by molar-refractivity contribution is 0.481. The summed E-state index contributed by atoms with van der Waals surface area (Å²) in [4.78, 5) is 0. The molecule has 0 radical (unpaired) electrons. The molecule has 0 spiro atoms. The molecule has 2 aromatic rings. The molecule has 0 aromatic heterocycles. The van der Waals surface area contributed by atoms with Crippen LogP contribution in [0.1, 0.15) is 34.7 Å². The number of benzene rings is 2. The molecule has 3 N–H and O–H groups in total. The quantitative estimate of drug-likeness (QED) is 0.670. The van der Waals surface area contributed by atoms with Gasteiger partial charge in [0.05, 0.1) is 6.04 Å². The zero-order valence-electron chi connectivity index (χ0n) is 11.7. The third kappa shape index (κ3) is 2.82. The fourth-order valence-corrected chi connectivity index (χ4v) is 3.01. The molecule has 21 heavy (non-hydrogen) atoms. The first kappa shape index (κ1) is 14.2. The normalized spacial score (nSPS) is 15.0. The monoisotopic (exact) mass is 288 g/mol. The minimum atomic E-state index is -0.822.